The van der Waals surface area contributed by atoms with Crippen LogP contribution in [0.3, 0.4) is 0 Å². The SMILES string of the molecule is CCCN(CC(F)(F)F)C(=O)C(C)(N)CCC. The molecular formula is C11H21F3N2O. The molecule has 1 unspecified atom stereocenters. The van der Waals surface area contributed by atoms with Gasteiger partial charge >= 0.3 is 6.18 Å². The minimum Gasteiger partial charge on any atom is -0.332 e. The lowest BCUT2D eigenvalue weighted by Crippen LogP contribution is -2.55. The first-order chi connectivity index (χ1) is 7.64. The van der Waals surface area contributed by atoms with E-state index in [4.69, 9.17) is 5.73 Å². The average molecular weight is 254 g/mol. The number of rotatable bonds is 6. The zero-order valence-electron chi connectivity index (χ0n) is 10.6. The smallest absolute Gasteiger partial charge is 0.332 e. The molecule has 0 aliphatic heterocycles. The van der Waals surface area contributed by atoms with Crippen LogP contribution in [0.4, 0.5) is 13.2 Å². The molecule has 1 amide bonds. The lowest BCUT2D eigenvalue weighted by molar-refractivity contribution is -0.164. The molecule has 0 spiro atoms. The molecule has 0 fully saturated rings. The molecule has 0 rings (SSSR count). The molecule has 0 saturated heterocycles. The molecule has 0 aromatic carbocycles. The number of carbonyl (C=O) groups excluding carboxylic acids is 1. The molecule has 2 N–H and O–H groups in total. The van der Waals surface area contributed by atoms with Crippen molar-refractivity contribution in [1.82, 2.24) is 4.90 Å². The van der Waals surface area contributed by atoms with Gasteiger partial charge in [0.25, 0.3) is 0 Å². The van der Waals surface area contributed by atoms with Gasteiger partial charge in [0.05, 0.1) is 5.54 Å². The predicted molar refractivity (Wildman–Crippen MR) is 60.4 cm³/mol. The summed E-state index contributed by atoms with van der Waals surface area (Å²) in [5.74, 6) is -0.626. The summed E-state index contributed by atoms with van der Waals surface area (Å²) in [7, 11) is 0. The van der Waals surface area contributed by atoms with Crippen LogP contribution in [0.25, 0.3) is 0 Å². The van der Waals surface area contributed by atoms with Crippen molar-refractivity contribution >= 4 is 5.91 Å². The lowest BCUT2D eigenvalue weighted by atomic mass is 9.95. The maximum absolute atomic E-state index is 12.3. The average Bonchev–Trinajstić information content (AvgIpc) is 2.13. The Morgan fingerprint density at radius 3 is 2.12 bits per heavy atom. The van der Waals surface area contributed by atoms with Crippen LogP contribution in [0.1, 0.15) is 40.0 Å². The lowest BCUT2D eigenvalue weighted by Gasteiger charge is -2.32. The van der Waals surface area contributed by atoms with Crippen molar-refractivity contribution in [2.75, 3.05) is 13.1 Å². The number of alkyl halides is 3. The van der Waals surface area contributed by atoms with Gasteiger partial charge in [-0.25, -0.2) is 0 Å². The summed E-state index contributed by atoms with van der Waals surface area (Å²) in [6.07, 6.45) is -2.87. The number of nitrogens with zero attached hydrogens (tertiary/aromatic N) is 1. The molecule has 0 saturated carbocycles. The second-order valence-electron chi connectivity index (χ2n) is 4.51. The molecule has 6 heteroatoms. The van der Waals surface area contributed by atoms with E-state index in [1.807, 2.05) is 6.92 Å². The van der Waals surface area contributed by atoms with E-state index < -0.39 is 24.2 Å². The van der Waals surface area contributed by atoms with Gasteiger partial charge in [-0.15, -0.1) is 0 Å². The van der Waals surface area contributed by atoms with Gasteiger partial charge in [0.1, 0.15) is 6.54 Å². The first-order valence-corrected chi connectivity index (χ1v) is 5.79. The van der Waals surface area contributed by atoms with Crippen molar-refractivity contribution in [1.29, 1.82) is 0 Å². The molecule has 1 atom stereocenters. The van der Waals surface area contributed by atoms with Crippen molar-refractivity contribution in [3.05, 3.63) is 0 Å². The van der Waals surface area contributed by atoms with Crippen LogP contribution in [0.15, 0.2) is 0 Å². The second kappa shape index (κ2) is 6.23. The fourth-order valence-electron chi connectivity index (χ4n) is 1.73. The van der Waals surface area contributed by atoms with Gasteiger partial charge in [-0.05, 0) is 19.8 Å². The van der Waals surface area contributed by atoms with Gasteiger partial charge in [0.2, 0.25) is 5.91 Å². The Balaban J connectivity index is 4.75. The van der Waals surface area contributed by atoms with Gasteiger partial charge in [-0.1, -0.05) is 20.3 Å². The van der Waals surface area contributed by atoms with E-state index in [0.717, 1.165) is 4.90 Å². The van der Waals surface area contributed by atoms with E-state index >= 15 is 0 Å². The topological polar surface area (TPSA) is 46.3 Å². The van der Waals surface area contributed by atoms with Crippen LogP contribution in [-0.2, 0) is 4.79 Å². The minimum atomic E-state index is -4.38. The Bertz CT molecular complexity index is 252. The van der Waals surface area contributed by atoms with E-state index in [1.165, 1.54) is 6.92 Å². The molecule has 17 heavy (non-hydrogen) atoms. The minimum absolute atomic E-state index is 0.0782. The molecule has 0 aliphatic rings. The van der Waals surface area contributed by atoms with Crippen LogP contribution in [0, 0.1) is 0 Å². The van der Waals surface area contributed by atoms with Crippen molar-refractivity contribution in [2.45, 2.75) is 51.7 Å². The molecule has 0 aromatic heterocycles. The summed E-state index contributed by atoms with van der Waals surface area (Å²) in [4.78, 5) is 12.7. The monoisotopic (exact) mass is 254 g/mol. The molecule has 0 aromatic rings. The maximum atomic E-state index is 12.3. The third-order valence-corrected chi connectivity index (χ3v) is 2.41. The molecule has 3 nitrogen and oxygen atoms in total. The summed E-state index contributed by atoms with van der Waals surface area (Å²) in [6.45, 7) is 3.90. The van der Waals surface area contributed by atoms with E-state index in [1.54, 1.807) is 6.92 Å². The van der Waals surface area contributed by atoms with Crippen LogP contribution >= 0.6 is 0 Å². The van der Waals surface area contributed by atoms with Crippen molar-refractivity contribution < 1.29 is 18.0 Å². The van der Waals surface area contributed by atoms with E-state index in [9.17, 15) is 18.0 Å². The highest BCUT2D eigenvalue weighted by molar-refractivity contribution is 5.85. The first-order valence-electron chi connectivity index (χ1n) is 5.79. The third-order valence-electron chi connectivity index (χ3n) is 2.41. The van der Waals surface area contributed by atoms with Crippen LogP contribution < -0.4 is 5.73 Å². The molecule has 0 heterocycles. The van der Waals surface area contributed by atoms with Gasteiger partial charge in [-0.2, -0.15) is 13.2 Å². The number of amides is 1. The highest BCUT2D eigenvalue weighted by Crippen LogP contribution is 2.20. The zero-order chi connectivity index (χ0) is 13.7. The molecular weight excluding hydrogens is 233 g/mol. The van der Waals surface area contributed by atoms with Gasteiger partial charge in [0, 0.05) is 6.54 Å². The van der Waals surface area contributed by atoms with E-state index in [0.29, 0.717) is 19.3 Å². The summed E-state index contributed by atoms with van der Waals surface area (Å²) < 4.78 is 37.0. The number of carbonyl (C=O) groups is 1. The Morgan fingerprint density at radius 2 is 1.76 bits per heavy atom. The summed E-state index contributed by atoms with van der Waals surface area (Å²) >= 11 is 0. The fourth-order valence-corrected chi connectivity index (χ4v) is 1.73. The second-order valence-corrected chi connectivity index (χ2v) is 4.51. The quantitative estimate of drug-likeness (QED) is 0.790. The zero-order valence-corrected chi connectivity index (χ0v) is 10.6. The highest BCUT2D eigenvalue weighted by atomic mass is 19.4. The van der Waals surface area contributed by atoms with Crippen LogP contribution in [0.2, 0.25) is 0 Å². The number of hydrogen-bond acceptors (Lipinski definition) is 2. The Labute approximate surface area is 100 Å². The van der Waals surface area contributed by atoms with E-state index in [-0.39, 0.29) is 6.54 Å². The predicted octanol–water partition coefficient (Wildman–Crippen LogP) is 2.30. The van der Waals surface area contributed by atoms with Crippen LogP contribution in [0.5, 0.6) is 0 Å². The molecule has 0 radical (unpaired) electrons. The van der Waals surface area contributed by atoms with Crippen molar-refractivity contribution in [2.24, 2.45) is 5.73 Å². The normalized spacial score (nSPS) is 15.5. The Kier molecular flexibility index (Phi) is 5.95. The standard InChI is InChI=1S/C11H21F3N2O/c1-4-6-10(3,15)9(17)16(7-5-2)8-11(12,13)14/h4-8,15H2,1-3H3. The molecule has 0 bridgehead atoms. The summed E-state index contributed by atoms with van der Waals surface area (Å²) in [5, 5.41) is 0. The van der Waals surface area contributed by atoms with Crippen LogP contribution in [-0.4, -0.2) is 35.6 Å². The maximum Gasteiger partial charge on any atom is 0.406 e. The van der Waals surface area contributed by atoms with Crippen molar-refractivity contribution in [3.63, 3.8) is 0 Å². The number of hydrogen-bond donors (Lipinski definition) is 1. The summed E-state index contributed by atoms with van der Waals surface area (Å²) in [6, 6.07) is 0. The van der Waals surface area contributed by atoms with Gasteiger partial charge < -0.3 is 10.6 Å². The van der Waals surface area contributed by atoms with Gasteiger partial charge in [0.15, 0.2) is 0 Å². The number of halogens is 3. The highest BCUT2D eigenvalue weighted by Gasteiger charge is 2.38. The number of nitrogens with two attached hydrogens (primary N) is 1. The van der Waals surface area contributed by atoms with E-state index in [2.05, 4.69) is 0 Å². The first kappa shape index (κ1) is 16.2. The van der Waals surface area contributed by atoms with Gasteiger partial charge in [-0.3, -0.25) is 4.79 Å². The largest absolute Gasteiger partial charge is 0.406 e. The molecule has 0 aliphatic carbocycles. The Morgan fingerprint density at radius 1 is 1.24 bits per heavy atom. The Hall–Kier alpha value is -0.780. The third kappa shape index (κ3) is 5.91. The van der Waals surface area contributed by atoms with Crippen molar-refractivity contribution in [3.8, 4) is 0 Å². The fraction of sp³-hybridized carbons (Fsp3) is 0.909. The molecule has 102 valence electrons. The summed E-state index contributed by atoms with van der Waals surface area (Å²) in [5.41, 5.74) is 4.55.